The average Bonchev–Trinajstić information content (AvgIpc) is 0.768. The summed E-state index contributed by atoms with van der Waals surface area (Å²) in [5, 5.41) is 276. The van der Waals surface area contributed by atoms with Gasteiger partial charge in [0, 0.05) is 27.7 Å². The van der Waals surface area contributed by atoms with E-state index in [1.54, 1.807) is 0 Å². The Labute approximate surface area is 629 Å². The summed E-state index contributed by atoms with van der Waals surface area (Å²) in [6.45, 7) is -3.36. The summed E-state index contributed by atoms with van der Waals surface area (Å²) in [4.78, 5) is 50.9. The second-order valence-corrected chi connectivity index (χ2v) is 28.2. The fourth-order valence-corrected chi connectivity index (χ4v) is 14.3. The van der Waals surface area contributed by atoms with Crippen LogP contribution in [0.15, 0.2) is 0 Å². The van der Waals surface area contributed by atoms with Crippen molar-refractivity contribution >= 4 is 23.6 Å². The molecule has 0 saturated carbocycles. The number of hydrogen-bond donors (Lipinski definition) is 28. The normalized spacial score (nSPS) is 49.3. The Kier molecular flexibility index (Phi) is 32.6. The van der Waals surface area contributed by atoms with Crippen LogP contribution in [0.25, 0.3) is 0 Å². The molecule has 4 amide bonds. The van der Waals surface area contributed by atoms with Gasteiger partial charge < -0.3 is 224 Å². The van der Waals surface area contributed by atoms with Gasteiger partial charge >= 0.3 is 0 Å². The average molecular weight is 1630 g/mol. The Hall–Kier alpha value is -3.76. The number of carbonyl (C=O) groups is 4. The van der Waals surface area contributed by atoms with Crippen molar-refractivity contribution in [2.24, 2.45) is 0 Å². The van der Waals surface area contributed by atoms with Crippen molar-refractivity contribution in [2.45, 2.75) is 311 Å². The fourth-order valence-electron chi connectivity index (χ4n) is 14.3. The Morgan fingerprint density at radius 1 is 0.252 bits per heavy atom. The van der Waals surface area contributed by atoms with Crippen molar-refractivity contribution in [3.8, 4) is 0 Å². The fraction of sp³-hybridized carbons (Fsp3) is 0.935. The molecule has 0 aromatic heterocycles. The number of nitrogens with one attached hydrogen (secondary N) is 4. The van der Waals surface area contributed by atoms with Crippen molar-refractivity contribution in [3.05, 3.63) is 0 Å². The maximum absolute atomic E-state index is 13.2. The number of carbonyl (C=O) groups excluding carboxylic acids is 4. The Morgan fingerprint density at radius 3 is 1.03 bits per heavy atom. The van der Waals surface area contributed by atoms with Gasteiger partial charge in [0.15, 0.2) is 56.6 Å². The van der Waals surface area contributed by atoms with Gasteiger partial charge in [-0.15, -0.1) is 0 Å². The summed E-state index contributed by atoms with van der Waals surface area (Å²) in [6, 6.07) is -7.39. The van der Waals surface area contributed by atoms with Crippen LogP contribution in [0.4, 0.5) is 0 Å². The van der Waals surface area contributed by atoms with Crippen LogP contribution in [0.2, 0.25) is 0 Å². The second kappa shape index (κ2) is 39.7. The number of aliphatic hydroxyl groups is 24. The number of ether oxygens (including phenoxy) is 17. The predicted molar refractivity (Wildman–Crippen MR) is 342 cm³/mol. The highest BCUT2D eigenvalue weighted by molar-refractivity contribution is 5.74. The molecule has 0 aromatic rings. The van der Waals surface area contributed by atoms with Crippen LogP contribution in [-0.2, 0) is 99.7 Å². The maximum Gasteiger partial charge on any atom is 0.217 e. The van der Waals surface area contributed by atoms with Gasteiger partial charge in [-0.25, -0.2) is 0 Å². The van der Waals surface area contributed by atoms with E-state index in [-0.39, 0.29) is 0 Å². The lowest BCUT2D eigenvalue weighted by molar-refractivity contribution is -0.396. The topological polar surface area (TPSA) is 759 Å². The first-order chi connectivity index (χ1) is 52.4. The monoisotopic (exact) mass is 1620 g/mol. The zero-order chi connectivity index (χ0) is 81.8. The molecule has 28 N–H and O–H groups in total. The van der Waals surface area contributed by atoms with E-state index in [1.807, 2.05) is 0 Å². The zero-order valence-electron chi connectivity index (χ0n) is 59.9. The van der Waals surface area contributed by atoms with Crippen LogP contribution in [0.5, 0.6) is 0 Å². The standard InChI is InChI=1S/C62H104N4O45/c1-14-31(77)41(87)45(91)58(97-14)95-13-26-50(38(84)27(54(94)98-26)63-15(2)73)106-56-29(65-17(4)75)39(85)49(24(11-72)103-56)108-60-47(93)51(109-62-53(44(90)35(81)22(9-70)102-62)111-55-28(64-16(3)74)37(83)32(78)19(6-67)99-55)36(82)25(105-60)12-96-61-52(43(89)34(80)21(8-69)101-61)110-57-30(66-18(5)76)40(86)48(23(10-71)104-57)107-59-46(92)42(88)33(79)20(7-68)100-59/h14,19-62,67-72,77-94H,6-13H2,1-5H3,(H,63,73)(H,64,74)(H,65,75)(H,66,76)/t14-,19+,20+,21+,22+,23+,24+,25+,26+,27+,28-,29+,30+,31+,32+,33-,34+,35+,36+,37+,38+,39+,40+,41+,42-,43-,44-,45-,46+,47-,48+,49+,50+,51-,52-,53-,54?,55-,56-,57-,58+,59+,60-,61-,62+/m0/s1. The third-order valence-electron chi connectivity index (χ3n) is 20.3. The first-order valence-electron chi connectivity index (χ1n) is 35.5. The molecule has 9 aliphatic rings. The van der Waals surface area contributed by atoms with Crippen LogP contribution >= 0.6 is 0 Å². The van der Waals surface area contributed by atoms with Gasteiger partial charge in [0.05, 0.1) is 59.0 Å². The highest BCUT2D eigenvalue weighted by atomic mass is 16.8. The smallest absolute Gasteiger partial charge is 0.217 e. The maximum atomic E-state index is 13.2. The van der Waals surface area contributed by atoms with Crippen molar-refractivity contribution in [2.75, 3.05) is 52.9 Å². The SMILES string of the molecule is CC(=O)N[C@@H]1[C@H](O[C@@H]2[C@@H](O[C@@H]3[C@H](O)[C@H](O[C@H]4[C@H](O)[C@@H](NC(C)=O)[C@H](O[C@H]5[C@H](O)[C@@H](NC(C)=O)C(O)O[C@@H]5CO[C@@H]5O[C@@H](C)[C@@H](O)[C@@H](O)[C@@H]5O)O[C@@H]4CO)O[C@H](CO[C@H]4O[C@H](CO)[C@@H](O)[C@H](O)[C@@H]4O[C@@H]4O[C@H](CO)[C@@H](O[C@H]5O[C@H](CO)[C@H](O)[C@H](O)[C@H]5O)[C@H](O)[C@H]4NC(C)=O)[C@H]3O)O[C@H](CO)[C@@H](O)[C@@H]2O)O[C@H](CO)[C@@H](O)[C@@H]1O. The Bertz CT molecular complexity index is 2950. The van der Waals surface area contributed by atoms with E-state index >= 15 is 0 Å². The molecule has 1 unspecified atom stereocenters. The molecule has 49 nitrogen and oxygen atoms in total. The van der Waals surface area contributed by atoms with E-state index < -0.39 is 353 Å². The van der Waals surface area contributed by atoms with Crippen LogP contribution < -0.4 is 21.3 Å². The number of rotatable bonds is 28. The number of aliphatic hydroxyl groups excluding tert-OH is 24. The van der Waals surface area contributed by atoms with E-state index in [4.69, 9.17) is 80.5 Å². The minimum Gasteiger partial charge on any atom is -0.394 e. The minimum absolute atomic E-state index is 0.827. The van der Waals surface area contributed by atoms with E-state index in [2.05, 4.69) is 21.3 Å². The molecule has 9 rings (SSSR count). The first kappa shape index (κ1) is 91.1. The number of hydrogen-bond acceptors (Lipinski definition) is 45. The van der Waals surface area contributed by atoms with Crippen LogP contribution in [-0.4, -0.2) is 475 Å². The summed E-state index contributed by atoms with van der Waals surface area (Å²) in [6.07, 6.45) is -83.2. The lowest BCUT2D eigenvalue weighted by Gasteiger charge is -2.51. The lowest BCUT2D eigenvalue weighted by Crippen LogP contribution is -2.71. The molecule has 0 spiro atoms. The van der Waals surface area contributed by atoms with Crippen LogP contribution in [0, 0.1) is 0 Å². The predicted octanol–water partition coefficient (Wildman–Crippen LogP) is -19.0. The van der Waals surface area contributed by atoms with Crippen molar-refractivity contribution in [1.29, 1.82) is 0 Å². The molecule has 9 fully saturated rings. The van der Waals surface area contributed by atoms with E-state index in [1.165, 1.54) is 6.92 Å². The largest absolute Gasteiger partial charge is 0.394 e. The molecule has 9 saturated heterocycles. The van der Waals surface area contributed by atoms with Crippen molar-refractivity contribution in [3.63, 3.8) is 0 Å². The molecule has 49 heteroatoms. The van der Waals surface area contributed by atoms with Gasteiger partial charge in [-0.3, -0.25) is 19.2 Å². The third-order valence-corrected chi connectivity index (χ3v) is 20.3. The van der Waals surface area contributed by atoms with Gasteiger partial charge in [-0.05, 0) is 6.92 Å². The van der Waals surface area contributed by atoms with Gasteiger partial charge in [0.2, 0.25) is 23.6 Å². The van der Waals surface area contributed by atoms with E-state index in [0.717, 1.165) is 27.7 Å². The highest BCUT2D eigenvalue weighted by Crippen LogP contribution is 2.40. The first-order valence-corrected chi connectivity index (χ1v) is 35.5. The van der Waals surface area contributed by atoms with Crippen molar-refractivity contribution < 1.29 is 222 Å². The van der Waals surface area contributed by atoms with Gasteiger partial charge in [0.25, 0.3) is 0 Å². The molecular formula is C62H104N4O45. The molecule has 642 valence electrons. The second-order valence-electron chi connectivity index (χ2n) is 28.2. The third kappa shape index (κ3) is 20.3. The Morgan fingerprint density at radius 2 is 0.559 bits per heavy atom. The number of amides is 4. The van der Waals surface area contributed by atoms with Crippen molar-refractivity contribution in [1.82, 2.24) is 21.3 Å². The molecule has 0 radical (unpaired) electrons. The van der Waals surface area contributed by atoms with E-state index in [0.29, 0.717) is 0 Å². The zero-order valence-corrected chi connectivity index (χ0v) is 59.9. The summed E-state index contributed by atoms with van der Waals surface area (Å²) < 4.78 is 101. The van der Waals surface area contributed by atoms with Gasteiger partial charge in [0.1, 0.15) is 213 Å². The van der Waals surface area contributed by atoms with Crippen LogP contribution in [0.3, 0.4) is 0 Å². The molecular weight excluding hydrogens is 1520 g/mol. The van der Waals surface area contributed by atoms with E-state index in [9.17, 15) is 142 Å². The summed E-state index contributed by atoms with van der Waals surface area (Å²) >= 11 is 0. The summed E-state index contributed by atoms with van der Waals surface area (Å²) in [7, 11) is 0. The molecule has 0 aliphatic carbocycles. The Balaban J connectivity index is 1.05. The van der Waals surface area contributed by atoms with Crippen LogP contribution in [0.1, 0.15) is 34.6 Å². The minimum atomic E-state index is -2.55. The quantitative estimate of drug-likeness (QED) is 0.0346. The summed E-state index contributed by atoms with van der Waals surface area (Å²) in [5.41, 5.74) is 0. The molecule has 9 heterocycles. The highest BCUT2D eigenvalue weighted by Gasteiger charge is 2.61. The van der Waals surface area contributed by atoms with Gasteiger partial charge in [-0.1, -0.05) is 0 Å². The molecule has 45 atom stereocenters. The summed E-state index contributed by atoms with van der Waals surface area (Å²) in [5.74, 6) is -3.59. The van der Waals surface area contributed by atoms with Gasteiger partial charge in [-0.2, -0.15) is 0 Å². The molecule has 0 aromatic carbocycles. The lowest BCUT2D eigenvalue weighted by atomic mass is 9.93. The molecule has 9 aliphatic heterocycles. The molecule has 0 bridgehead atoms. The molecule has 111 heavy (non-hydrogen) atoms.